The van der Waals surface area contributed by atoms with Crippen LogP contribution in [0.5, 0.6) is 0 Å². The zero-order valence-corrected chi connectivity index (χ0v) is 11.7. The molecule has 2 nitrogen and oxygen atoms in total. The molecule has 2 rings (SSSR count). The van der Waals surface area contributed by atoms with Gasteiger partial charge in [0.25, 0.3) is 0 Å². The molecular formula is C14H17BrO2. The van der Waals surface area contributed by atoms with Gasteiger partial charge in [-0.1, -0.05) is 26.0 Å². The molecule has 0 bridgehead atoms. The zero-order chi connectivity index (χ0) is 12.4. The SMILES string of the molecule is CC(C)CCC(O)c1cc2cccc(Br)c2o1. The van der Waals surface area contributed by atoms with Crippen LogP contribution in [0.3, 0.4) is 0 Å². The normalized spacial score (nSPS) is 13.5. The average molecular weight is 297 g/mol. The maximum Gasteiger partial charge on any atom is 0.148 e. The van der Waals surface area contributed by atoms with Crippen LogP contribution in [0.25, 0.3) is 11.0 Å². The molecule has 0 saturated carbocycles. The molecule has 1 N–H and O–H groups in total. The van der Waals surface area contributed by atoms with E-state index in [0.29, 0.717) is 11.7 Å². The van der Waals surface area contributed by atoms with E-state index in [-0.39, 0.29) is 0 Å². The Balaban J connectivity index is 2.21. The van der Waals surface area contributed by atoms with Crippen molar-refractivity contribution in [3.05, 3.63) is 34.5 Å². The lowest BCUT2D eigenvalue weighted by Gasteiger charge is -2.08. The van der Waals surface area contributed by atoms with E-state index in [1.54, 1.807) is 0 Å². The zero-order valence-electron chi connectivity index (χ0n) is 10.1. The molecule has 1 aromatic heterocycles. The van der Waals surface area contributed by atoms with Crippen LogP contribution < -0.4 is 0 Å². The number of furan rings is 1. The van der Waals surface area contributed by atoms with Crippen molar-refractivity contribution in [2.24, 2.45) is 5.92 Å². The minimum atomic E-state index is -0.503. The molecule has 1 aromatic carbocycles. The standard InChI is InChI=1S/C14H17BrO2/c1-9(2)6-7-12(16)13-8-10-4-3-5-11(15)14(10)17-13/h3-5,8-9,12,16H,6-7H2,1-2H3. The number of rotatable bonds is 4. The fourth-order valence-corrected chi connectivity index (χ4v) is 2.31. The van der Waals surface area contributed by atoms with E-state index in [9.17, 15) is 5.11 Å². The second kappa shape index (κ2) is 5.23. The van der Waals surface area contributed by atoms with Crippen molar-refractivity contribution in [3.8, 4) is 0 Å². The lowest BCUT2D eigenvalue weighted by atomic mass is 10.0. The van der Waals surface area contributed by atoms with Crippen LogP contribution in [0.4, 0.5) is 0 Å². The van der Waals surface area contributed by atoms with Crippen molar-refractivity contribution >= 4 is 26.9 Å². The highest BCUT2D eigenvalue weighted by molar-refractivity contribution is 9.10. The molecule has 0 radical (unpaired) electrons. The molecule has 3 heteroatoms. The van der Waals surface area contributed by atoms with Crippen molar-refractivity contribution in [2.45, 2.75) is 32.8 Å². The highest BCUT2D eigenvalue weighted by Crippen LogP contribution is 2.31. The molecule has 2 aromatic rings. The topological polar surface area (TPSA) is 33.4 Å². The van der Waals surface area contributed by atoms with Crippen molar-refractivity contribution in [1.29, 1.82) is 0 Å². The van der Waals surface area contributed by atoms with Crippen LogP contribution in [0, 0.1) is 5.92 Å². The summed E-state index contributed by atoms with van der Waals surface area (Å²) in [6.45, 7) is 4.31. The minimum Gasteiger partial charge on any atom is -0.457 e. The van der Waals surface area contributed by atoms with Gasteiger partial charge in [0.15, 0.2) is 0 Å². The van der Waals surface area contributed by atoms with Gasteiger partial charge in [-0.05, 0) is 46.8 Å². The summed E-state index contributed by atoms with van der Waals surface area (Å²) >= 11 is 3.45. The van der Waals surface area contributed by atoms with E-state index in [4.69, 9.17) is 4.42 Å². The summed E-state index contributed by atoms with van der Waals surface area (Å²) in [4.78, 5) is 0. The van der Waals surface area contributed by atoms with E-state index in [0.717, 1.165) is 28.3 Å². The summed E-state index contributed by atoms with van der Waals surface area (Å²) in [5.74, 6) is 1.26. The van der Waals surface area contributed by atoms with Crippen molar-refractivity contribution in [1.82, 2.24) is 0 Å². The van der Waals surface area contributed by atoms with Gasteiger partial charge in [-0.3, -0.25) is 0 Å². The molecule has 0 amide bonds. The van der Waals surface area contributed by atoms with E-state index < -0.39 is 6.10 Å². The smallest absolute Gasteiger partial charge is 0.148 e. The predicted molar refractivity (Wildman–Crippen MR) is 72.9 cm³/mol. The second-order valence-corrected chi connectivity index (χ2v) is 5.65. The lowest BCUT2D eigenvalue weighted by Crippen LogP contribution is -1.98. The number of hydrogen-bond donors (Lipinski definition) is 1. The molecule has 0 spiro atoms. The molecule has 0 saturated heterocycles. The third kappa shape index (κ3) is 2.90. The number of fused-ring (bicyclic) bond motifs is 1. The molecule has 0 fully saturated rings. The van der Waals surface area contributed by atoms with Gasteiger partial charge in [0.05, 0.1) is 4.47 Å². The monoisotopic (exact) mass is 296 g/mol. The van der Waals surface area contributed by atoms with Crippen LogP contribution in [-0.2, 0) is 0 Å². The van der Waals surface area contributed by atoms with Crippen molar-refractivity contribution in [2.75, 3.05) is 0 Å². The van der Waals surface area contributed by atoms with Gasteiger partial charge in [0.1, 0.15) is 17.4 Å². The summed E-state index contributed by atoms with van der Waals surface area (Å²) in [6, 6.07) is 7.82. The molecule has 17 heavy (non-hydrogen) atoms. The third-order valence-corrected chi connectivity index (χ3v) is 3.49. The average Bonchev–Trinajstić information content (AvgIpc) is 2.71. The predicted octanol–water partition coefficient (Wildman–Crippen LogP) is 4.66. The first-order valence-corrected chi connectivity index (χ1v) is 6.73. The van der Waals surface area contributed by atoms with Gasteiger partial charge in [-0.2, -0.15) is 0 Å². The maximum absolute atomic E-state index is 10.1. The van der Waals surface area contributed by atoms with Crippen molar-refractivity contribution in [3.63, 3.8) is 0 Å². The quantitative estimate of drug-likeness (QED) is 0.890. The first-order chi connectivity index (χ1) is 8.08. The van der Waals surface area contributed by atoms with E-state index >= 15 is 0 Å². The number of aliphatic hydroxyl groups excluding tert-OH is 1. The van der Waals surface area contributed by atoms with Crippen LogP contribution in [0.15, 0.2) is 33.2 Å². The second-order valence-electron chi connectivity index (χ2n) is 4.79. The largest absolute Gasteiger partial charge is 0.457 e. The first kappa shape index (κ1) is 12.7. The summed E-state index contributed by atoms with van der Waals surface area (Å²) in [5.41, 5.74) is 0.811. The van der Waals surface area contributed by atoms with Gasteiger partial charge in [0.2, 0.25) is 0 Å². The van der Waals surface area contributed by atoms with Gasteiger partial charge in [0, 0.05) is 5.39 Å². The Morgan fingerprint density at radius 1 is 1.29 bits per heavy atom. The van der Waals surface area contributed by atoms with Crippen LogP contribution in [-0.4, -0.2) is 5.11 Å². The molecule has 0 aliphatic heterocycles. The summed E-state index contributed by atoms with van der Waals surface area (Å²) in [6.07, 6.45) is 1.24. The van der Waals surface area contributed by atoms with Gasteiger partial charge in [-0.25, -0.2) is 0 Å². The van der Waals surface area contributed by atoms with Crippen molar-refractivity contribution < 1.29 is 9.52 Å². The summed E-state index contributed by atoms with van der Waals surface area (Å²) in [7, 11) is 0. The number of aliphatic hydroxyl groups is 1. The van der Waals surface area contributed by atoms with Crippen LogP contribution in [0.2, 0.25) is 0 Å². The number of halogens is 1. The molecular weight excluding hydrogens is 280 g/mol. The Hall–Kier alpha value is -0.800. The molecule has 1 heterocycles. The molecule has 0 aliphatic carbocycles. The fourth-order valence-electron chi connectivity index (χ4n) is 1.85. The number of hydrogen-bond acceptors (Lipinski definition) is 2. The first-order valence-electron chi connectivity index (χ1n) is 5.94. The Labute approximate surface area is 110 Å². The van der Waals surface area contributed by atoms with Crippen LogP contribution in [0.1, 0.15) is 38.6 Å². The Bertz CT molecular complexity index is 502. The van der Waals surface area contributed by atoms with E-state index in [1.165, 1.54) is 0 Å². The Kier molecular flexibility index (Phi) is 3.89. The molecule has 0 aliphatic rings. The lowest BCUT2D eigenvalue weighted by molar-refractivity contribution is 0.135. The third-order valence-electron chi connectivity index (χ3n) is 2.86. The molecule has 1 unspecified atom stereocenters. The van der Waals surface area contributed by atoms with Gasteiger partial charge in [-0.15, -0.1) is 0 Å². The Morgan fingerprint density at radius 2 is 2.06 bits per heavy atom. The van der Waals surface area contributed by atoms with Gasteiger partial charge < -0.3 is 9.52 Å². The van der Waals surface area contributed by atoms with E-state index in [2.05, 4.69) is 29.8 Å². The van der Waals surface area contributed by atoms with E-state index in [1.807, 2.05) is 24.3 Å². The summed E-state index contributed by atoms with van der Waals surface area (Å²) in [5, 5.41) is 11.1. The minimum absolute atomic E-state index is 0.503. The summed E-state index contributed by atoms with van der Waals surface area (Å²) < 4.78 is 6.62. The number of para-hydroxylation sites is 1. The molecule has 1 atom stereocenters. The highest BCUT2D eigenvalue weighted by atomic mass is 79.9. The Morgan fingerprint density at radius 3 is 2.71 bits per heavy atom. The number of benzene rings is 1. The van der Waals surface area contributed by atoms with Crippen LogP contribution >= 0.6 is 15.9 Å². The molecule has 92 valence electrons. The fraction of sp³-hybridized carbons (Fsp3) is 0.429. The van der Waals surface area contributed by atoms with Gasteiger partial charge >= 0.3 is 0 Å². The highest BCUT2D eigenvalue weighted by Gasteiger charge is 2.14. The maximum atomic E-state index is 10.1.